The van der Waals surface area contributed by atoms with Crippen molar-refractivity contribution in [3.05, 3.63) is 89.0 Å². The zero-order chi connectivity index (χ0) is 28.1. The van der Waals surface area contributed by atoms with Crippen LogP contribution >= 0.6 is 0 Å². The van der Waals surface area contributed by atoms with Crippen molar-refractivity contribution in [1.29, 1.82) is 0 Å². The topological polar surface area (TPSA) is 55.4 Å². The lowest BCUT2D eigenvalue weighted by molar-refractivity contribution is -0.116. The average molecular weight is 538 g/mol. The van der Waals surface area contributed by atoms with E-state index < -0.39 is 0 Å². The summed E-state index contributed by atoms with van der Waals surface area (Å²) in [5, 5.41) is 3.28. The Bertz CT molecular complexity index is 1290. The maximum Gasteiger partial charge on any atom is 0.225 e. The number of aldehydes is 1. The molecule has 0 bridgehead atoms. The fourth-order valence-electron chi connectivity index (χ4n) is 6.56. The number of nitrogens with one attached hydrogen (secondary N) is 1. The van der Waals surface area contributed by atoms with E-state index in [1.165, 1.54) is 44.0 Å². The van der Waals surface area contributed by atoms with Crippen LogP contribution in [0.5, 0.6) is 11.5 Å². The van der Waals surface area contributed by atoms with Gasteiger partial charge in [0.1, 0.15) is 17.8 Å². The summed E-state index contributed by atoms with van der Waals surface area (Å²) in [4.78, 5) is 25.5. The number of hydrogen-bond acceptors (Lipinski definition) is 3. The standard InChI is InChI=1S/C36H43NO3/c1-36(2,3)31-20-19-26(17-18-27(24-38)21-25-11-5-4-6-12-25)22-32(31)37-35(39)23-30-28-13-7-9-15-33(28)40-34-16-10-8-14-29(30)34/h7-10,13-16,19-20,22,24-25,27,30H,4-6,11-12,17-18,21,23H2,1-3H3,(H,37,39). The van der Waals surface area contributed by atoms with Crippen LogP contribution in [0.3, 0.4) is 0 Å². The van der Waals surface area contributed by atoms with Gasteiger partial charge >= 0.3 is 0 Å². The Labute approximate surface area is 239 Å². The molecule has 1 fully saturated rings. The molecule has 1 heterocycles. The third-order valence-electron chi connectivity index (χ3n) is 8.72. The number of benzene rings is 3. The highest BCUT2D eigenvalue weighted by Crippen LogP contribution is 2.45. The first kappa shape index (κ1) is 28.1. The Kier molecular flexibility index (Phi) is 8.73. The van der Waals surface area contributed by atoms with Crippen molar-refractivity contribution >= 4 is 17.9 Å². The van der Waals surface area contributed by atoms with Crippen molar-refractivity contribution in [3.8, 4) is 11.5 Å². The maximum atomic E-state index is 13.6. The highest BCUT2D eigenvalue weighted by molar-refractivity contribution is 5.93. The molecular formula is C36H43NO3. The molecule has 1 saturated carbocycles. The Balaban J connectivity index is 1.32. The van der Waals surface area contributed by atoms with E-state index in [4.69, 9.17) is 4.74 Å². The van der Waals surface area contributed by atoms with Gasteiger partial charge in [-0.25, -0.2) is 0 Å². The minimum Gasteiger partial charge on any atom is -0.457 e. The van der Waals surface area contributed by atoms with E-state index in [0.29, 0.717) is 12.3 Å². The number of amides is 1. The van der Waals surface area contributed by atoms with E-state index in [0.717, 1.165) is 53.1 Å². The lowest BCUT2D eigenvalue weighted by atomic mass is 9.81. The molecule has 1 aliphatic carbocycles. The van der Waals surface area contributed by atoms with Crippen molar-refractivity contribution in [2.75, 3.05) is 5.32 Å². The van der Waals surface area contributed by atoms with Gasteiger partial charge in [-0.1, -0.05) is 101 Å². The number of aryl methyl sites for hydroxylation is 1. The lowest BCUT2D eigenvalue weighted by Gasteiger charge is -2.28. The Hall–Kier alpha value is -3.40. The Morgan fingerprint density at radius 2 is 1.60 bits per heavy atom. The SMILES string of the molecule is CC(C)(C)c1ccc(CCC(C=O)CC2CCCCC2)cc1NC(=O)CC1c2ccccc2Oc2ccccc21. The van der Waals surface area contributed by atoms with Gasteiger partial charge in [0.15, 0.2) is 0 Å². The molecule has 1 amide bonds. The number of ether oxygens (including phenoxy) is 1. The van der Waals surface area contributed by atoms with E-state index in [9.17, 15) is 9.59 Å². The molecular weight excluding hydrogens is 494 g/mol. The number of anilines is 1. The van der Waals surface area contributed by atoms with Gasteiger partial charge < -0.3 is 14.8 Å². The van der Waals surface area contributed by atoms with E-state index in [-0.39, 0.29) is 23.2 Å². The summed E-state index contributed by atoms with van der Waals surface area (Å²) in [7, 11) is 0. The fourth-order valence-corrected chi connectivity index (χ4v) is 6.56. The Morgan fingerprint density at radius 1 is 0.950 bits per heavy atom. The number of rotatable bonds is 9. The van der Waals surface area contributed by atoms with Crippen LogP contribution in [-0.4, -0.2) is 12.2 Å². The summed E-state index contributed by atoms with van der Waals surface area (Å²) < 4.78 is 6.13. The molecule has 0 saturated heterocycles. The monoisotopic (exact) mass is 537 g/mol. The predicted molar refractivity (Wildman–Crippen MR) is 162 cm³/mol. The molecule has 3 aromatic carbocycles. The van der Waals surface area contributed by atoms with Gasteiger partial charge in [0.05, 0.1) is 0 Å². The predicted octanol–water partition coefficient (Wildman–Crippen LogP) is 8.97. The molecule has 2 aliphatic rings. The van der Waals surface area contributed by atoms with E-state index in [2.05, 4.69) is 56.4 Å². The van der Waals surface area contributed by atoms with E-state index in [1.807, 2.05) is 36.4 Å². The molecule has 1 N–H and O–H groups in total. The first-order valence-corrected chi connectivity index (χ1v) is 15.1. The molecule has 40 heavy (non-hydrogen) atoms. The highest BCUT2D eigenvalue weighted by Gasteiger charge is 2.29. The smallest absolute Gasteiger partial charge is 0.225 e. The average Bonchev–Trinajstić information content (AvgIpc) is 2.95. The molecule has 1 aliphatic heterocycles. The minimum absolute atomic E-state index is 0.0118. The molecule has 0 radical (unpaired) electrons. The second kappa shape index (κ2) is 12.4. The van der Waals surface area contributed by atoms with Gasteiger partial charge in [-0.2, -0.15) is 0 Å². The van der Waals surface area contributed by atoms with Crippen LogP contribution in [0, 0.1) is 11.8 Å². The van der Waals surface area contributed by atoms with Crippen molar-refractivity contribution < 1.29 is 14.3 Å². The van der Waals surface area contributed by atoms with E-state index >= 15 is 0 Å². The largest absolute Gasteiger partial charge is 0.457 e. The van der Waals surface area contributed by atoms with Gasteiger partial charge in [-0.15, -0.1) is 0 Å². The van der Waals surface area contributed by atoms with Crippen LogP contribution in [0.15, 0.2) is 66.7 Å². The second-order valence-corrected chi connectivity index (χ2v) is 12.8. The molecule has 0 spiro atoms. The van der Waals surface area contributed by atoms with Gasteiger partial charge in [-0.3, -0.25) is 4.79 Å². The summed E-state index contributed by atoms with van der Waals surface area (Å²) in [6.45, 7) is 6.53. The van der Waals surface area contributed by atoms with Gasteiger partial charge in [0, 0.05) is 35.1 Å². The van der Waals surface area contributed by atoms with Crippen LogP contribution in [0.2, 0.25) is 0 Å². The van der Waals surface area contributed by atoms with Crippen molar-refractivity contribution in [3.63, 3.8) is 0 Å². The first-order chi connectivity index (χ1) is 19.3. The number of para-hydroxylation sites is 2. The number of carbonyl (C=O) groups excluding carboxylic acids is 2. The minimum atomic E-state index is -0.120. The summed E-state index contributed by atoms with van der Waals surface area (Å²) in [6.07, 6.45) is 10.7. The molecule has 5 rings (SSSR count). The third kappa shape index (κ3) is 6.66. The third-order valence-corrected chi connectivity index (χ3v) is 8.72. The molecule has 210 valence electrons. The van der Waals surface area contributed by atoms with Crippen molar-refractivity contribution in [1.82, 2.24) is 0 Å². The highest BCUT2D eigenvalue weighted by atomic mass is 16.5. The van der Waals surface area contributed by atoms with Crippen molar-refractivity contribution in [2.45, 2.75) is 89.9 Å². The molecule has 4 nitrogen and oxygen atoms in total. The number of hydrogen-bond donors (Lipinski definition) is 1. The summed E-state index contributed by atoms with van der Waals surface area (Å²) in [5.74, 6) is 2.35. The van der Waals surface area contributed by atoms with Crippen LogP contribution in [0.4, 0.5) is 5.69 Å². The van der Waals surface area contributed by atoms with Gasteiger partial charge in [0.25, 0.3) is 0 Å². The van der Waals surface area contributed by atoms with Crippen molar-refractivity contribution in [2.24, 2.45) is 11.8 Å². The Morgan fingerprint density at radius 3 is 2.23 bits per heavy atom. The summed E-state index contributed by atoms with van der Waals surface area (Å²) in [6, 6.07) is 22.5. The van der Waals surface area contributed by atoms with Gasteiger partial charge in [0.2, 0.25) is 5.91 Å². The molecule has 0 aromatic heterocycles. The normalized spacial score (nSPS) is 16.4. The molecule has 1 unspecified atom stereocenters. The summed E-state index contributed by atoms with van der Waals surface area (Å²) in [5.41, 5.74) is 5.12. The van der Waals surface area contributed by atoms with E-state index in [1.54, 1.807) is 0 Å². The van der Waals surface area contributed by atoms with Gasteiger partial charge in [-0.05, 0) is 59.9 Å². The molecule has 1 atom stereocenters. The molecule has 4 heteroatoms. The number of carbonyl (C=O) groups is 2. The van der Waals surface area contributed by atoms with Crippen LogP contribution in [0.1, 0.15) is 100 Å². The maximum absolute atomic E-state index is 13.6. The number of fused-ring (bicyclic) bond motifs is 2. The fraction of sp³-hybridized carbons (Fsp3) is 0.444. The molecule has 3 aromatic rings. The van der Waals surface area contributed by atoms with Crippen LogP contribution in [0.25, 0.3) is 0 Å². The lowest BCUT2D eigenvalue weighted by Crippen LogP contribution is -2.22. The summed E-state index contributed by atoms with van der Waals surface area (Å²) >= 11 is 0. The zero-order valence-electron chi connectivity index (χ0n) is 24.2. The zero-order valence-corrected chi connectivity index (χ0v) is 24.2. The second-order valence-electron chi connectivity index (χ2n) is 12.8. The quantitative estimate of drug-likeness (QED) is 0.277. The van der Waals surface area contributed by atoms with Crippen LogP contribution < -0.4 is 10.1 Å². The first-order valence-electron chi connectivity index (χ1n) is 15.1. The van der Waals surface area contributed by atoms with Crippen LogP contribution in [-0.2, 0) is 21.4 Å².